The number of carbonyl (C=O) groups is 1. The van der Waals surface area contributed by atoms with Gasteiger partial charge in [0.25, 0.3) is 5.91 Å². The lowest BCUT2D eigenvalue weighted by atomic mass is 10.1. The number of amides is 1. The Balaban J connectivity index is 2.18. The van der Waals surface area contributed by atoms with Crippen LogP contribution in [0.25, 0.3) is 0 Å². The van der Waals surface area contributed by atoms with Gasteiger partial charge in [-0.15, -0.1) is 0 Å². The van der Waals surface area contributed by atoms with E-state index in [-0.39, 0.29) is 17.6 Å². The third kappa shape index (κ3) is 3.61. The Morgan fingerprint density at radius 2 is 1.90 bits per heavy atom. The second-order valence-corrected chi connectivity index (χ2v) is 5.81. The first-order valence-electron chi connectivity index (χ1n) is 6.50. The van der Waals surface area contributed by atoms with E-state index in [9.17, 15) is 9.18 Å². The highest BCUT2D eigenvalue weighted by Gasteiger charge is 2.16. The van der Waals surface area contributed by atoms with Gasteiger partial charge in [-0.1, -0.05) is 29.8 Å². The van der Waals surface area contributed by atoms with E-state index in [1.54, 1.807) is 0 Å². The lowest BCUT2D eigenvalue weighted by Gasteiger charge is -2.15. The van der Waals surface area contributed by atoms with Crippen molar-refractivity contribution in [1.29, 1.82) is 0 Å². The molecule has 2 rings (SSSR count). The van der Waals surface area contributed by atoms with Gasteiger partial charge in [0.2, 0.25) is 0 Å². The van der Waals surface area contributed by atoms with Gasteiger partial charge in [-0.2, -0.15) is 0 Å². The van der Waals surface area contributed by atoms with Crippen molar-refractivity contribution in [3.63, 3.8) is 0 Å². The zero-order valence-electron chi connectivity index (χ0n) is 11.8. The summed E-state index contributed by atoms with van der Waals surface area (Å²) in [5.74, 6) is -0.855. The number of hydrogen-bond acceptors (Lipinski definition) is 2. The molecule has 2 aromatic rings. The van der Waals surface area contributed by atoms with Crippen LogP contribution in [0, 0.1) is 12.7 Å². The van der Waals surface area contributed by atoms with E-state index >= 15 is 0 Å². The summed E-state index contributed by atoms with van der Waals surface area (Å²) < 4.78 is 13.7. The molecule has 2 aromatic carbocycles. The molecule has 0 spiro atoms. The fourth-order valence-corrected chi connectivity index (χ4v) is 2.45. The van der Waals surface area contributed by atoms with Gasteiger partial charge >= 0.3 is 0 Å². The molecule has 0 saturated heterocycles. The van der Waals surface area contributed by atoms with E-state index < -0.39 is 5.82 Å². The normalized spacial score (nSPS) is 12.0. The molecule has 0 saturated carbocycles. The summed E-state index contributed by atoms with van der Waals surface area (Å²) in [7, 11) is 0. The van der Waals surface area contributed by atoms with Crippen LogP contribution in [-0.2, 0) is 0 Å². The standard InChI is InChI=1S/C16H16BrFN2O/c1-9-3-5-11(6-4-9)10(2)20-16(21)12-7-15(19)14(18)8-13(12)17/h3-8,10H,19H2,1-2H3,(H,20,21). The highest BCUT2D eigenvalue weighted by atomic mass is 79.9. The van der Waals surface area contributed by atoms with Crippen molar-refractivity contribution in [1.82, 2.24) is 5.32 Å². The number of halogens is 2. The number of rotatable bonds is 3. The summed E-state index contributed by atoms with van der Waals surface area (Å²) >= 11 is 3.18. The first-order chi connectivity index (χ1) is 9.88. The maximum atomic E-state index is 13.3. The fraction of sp³-hybridized carbons (Fsp3) is 0.188. The number of aryl methyl sites for hydroxylation is 1. The number of nitrogens with two attached hydrogens (primary N) is 1. The molecular weight excluding hydrogens is 335 g/mol. The van der Waals surface area contributed by atoms with Crippen molar-refractivity contribution < 1.29 is 9.18 Å². The first kappa shape index (κ1) is 15.5. The molecule has 0 aliphatic heterocycles. The van der Waals surface area contributed by atoms with E-state index in [0.717, 1.165) is 11.1 Å². The van der Waals surface area contributed by atoms with Gasteiger partial charge < -0.3 is 11.1 Å². The van der Waals surface area contributed by atoms with Crippen LogP contribution < -0.4 is 11.1 Å². The van der Waals surface area contributed by atoms with Crippen LogP contribution in [0.4, 0.5) is 10.1 Å². The maximum Gasteiger partial charge on any atom is 0.252 e. The Morgan fingerprint density at radius 3 is 2.52 bits per heavy atom. The molecule has 0 bridgehead atoms. The van der Waals surface area contributed by atoms with Crippen molar-refractivity contribution in [3.05, 3.63) is 63.4 Å². The number of nitrogens with one attached hydrogen (secondary N) is 1. The van der Waals surface area contributed by atoms with Crippen molar-refractivity contribution in [2.24, 2.45) is 0 Å². The molecule has 0 aliphatic rings. The van der Waals surface area contributed by atoms with E-state index in [1.807, 2.05) is 38.1 Å². The quantitative estimate of drug-likeness (QED) is 0.823. The Morgan fingerprint density at radius 1 is 1.29 bits per heavy atom. The van der Waals surface area contributed by atoms with Crippen LogP contribution in [0.1, 0.15) is 34.5 Å². The van der Waals surface area contributed by atoms with Crippen molar-refractivity contribution >= 4 is 27.5 Å². The Hall–Kier alpha value is -1.88. The highest BCUT2D eigenvalue weighted by molar-refractivity contribution is 9.10. The average Bonchev–Trinajstić information content (AvgIpc) is 2.43. The maximum absolute atomic E-state index is 13.3. The predicted octanol–water partition coefficient (Wildman–Crippen LogP) is 3.97. The molecule has 0 aliphatic carbocycles. The van der Waals surface area contributed by atoms with Crippen molar-refractivity contribution in [3.8, 4) is 0 Å². The molecule has 0 heterocycles. The van der Waals surface area contributed by atoms with Gasteiger partial charge in [-0.05, 0) is 47.5 Å². The highest BCUT2D eigenvalue weighted by Crippen LogP contribution is 2.23. The van der Waals surface area contributed by atoms with E-state index in [0.29, 0.717) is 10.0 Å². The summed E-state index contributed by atoms with van der Waals surface area (Å²) in [6.45, 7) is 3.90. The minimum atomic E-state index is -0.551. The van der Waals surface area contributed by atoms with Crippen molar-refractivity contribution in [2.75, 3.05) is 5.73 Å². The lowest BCUT2D eigenvalue weighted by molar-refractivity contribution is 0.0939. The summed E-state index contributed by atoms with van der Waals surface area (Å²) in [6, 6.07) is 10.3. The Bertz CT molecular complexity index is 671. The van der Waals surface area contributed by atoms with Gasteiger partial charge in [0.05, 0.1) is 17.3 Å². The van der Waals surface area contributed by atoms with Gasteiger partial charge in [0.1, 0.15) is 5.82 Å². The van der Waals surface area contributed by atoms with Crippen LogP contribution in [0.2, 0.25) is 0 Å². The summed E-state index contributed by atoms with van der Waals surface area (Å²) in [4.78, 5) is 12.3. The van der Waals surface area contributed by atoms with E-state index in [1.165, 1.54) is 12.1 Å². The lowest BCUT2D eigenvalue weighted by Crippen LogP contribution is -2.27. The zero-order chi connectivity index (χ0) is 15.6. The molecule has 0 fully saturated rings. The van der Waals surface area contributed by atoms with Crippen LogP contribution in [0.15, 0.2) is 40.9 Å². The number of hydrogen-bond donors (Lipinski definition) is 2. The number of anilines is 1. The molecule has 21 heavy (non-hydrogen) atoms. The smallest absolute Gasteiger partial charge is 0.252 e. The second-order valence-electron chi connectivity index (χ2n) is 4.96. The Labute approximate surface area is 131 Å². The number of benzene rings is 2. The third-order valence-corrected chi connectivity index (χ3v) is 3.91. The van der Waals surface area contributed by atoms with Gasteiger partial charge in [-0.3, -0.25) is 4.79 Å². The van der Waals surface area contributed by atoms with Gasteiger partial charge in [-0.25, -0.2) is 4.39 Å². The zero-order valence-corrected chi connectivity index (χ0v) is 13.4. The van der Waals surface area contributed by atoms with Crippen LogP contribution >= 0.6 is 15.9 Å². The molecular formula is C16H16BrFN2O. The molecule has 110 valence electrons. The molecule has 1 atom stereocenters. The first-order valence-corrected chi connectivity index (χ1v) is 7.29. The molecule has 0 radical (unpaired) electrons. The monoisotopic (exact) mass is 350 g/mol. The topological polar surface area (TPSA) is 55.1 Å². The predicted molar refractivity (Wildman–Crippen MR) is 85.6 cm³/mol. The number of nitrogen functional groups attached to an aromatic ring is 1. The van der Waals surface area contributed by atoms with Gasteiger partial charge in [0.15, 0.2) is 0 Å². The second kappa shape index (κ2) is 6.26. The largest absolute Gasteiger partial charge is 0.396 e. The fourth-order valence-electron chi connectivity index (χ4n) is 1.95. The summed E-state index contributed by atoms with van der Waals surface area (Å²) in [5, 5.41) is 2.87. The molecule has 1 amide bonds. The number of carbonyl (C=O) groups excluding carboxylic acids is 1. The molecule has 3 N–H and O–H groups in total. The average molecular weight is 351 g/mol. The minimum absolute atomic E-state index is 0.0497. The molecule has 1 unspecified atom stereocenters. The van der Waals surface area contributed by atoms with Crippen molar-refractivity contribution in [2.45, 2.75) is 19.9 Å². The summed E-state index contributed by atoms with van der Waals surface area (Å²) in [5.41, 5.74) is 7.93. The SMILES string of the molecule is Cc1ccc(C(C)NC(=O)c2cc(N)c(F)cc2Br)cc1. The van der Waals surface area contributed by atoms with E-state index in [4.69, 9.17) is 5.73 Å². The molecule has 3 nitrogen and oxygen atoms in total. The van der Waals surface area contributed by atoms with Crippen LogP contribution in [0.5, 0.6) is 0 Å². The molecule has 5 heteroatoms. The molecule has 0 aromatic heterocycles. The Kier molecular flexibility index (Phi) is 4.63. The third-order valence-electron chi connectivity index (χ3n) is 3.26. The van der Waals surface area contributed by atoms with Crippen LogP contribution in [0.3, 0.4) is 0 Å². The van der Waals surface area contributed by atoms with Crippen LogP contribution in [-0.4, -0.2) is 5.91 Å². The minimum Gasteiger partial charge on any atom is -0.396 e. The summed E-state index contributed by atoms with van der Waals surface area (Å²) in [6.07, 6.45) is 0. The van der Waals surface area contributed by atoms with Gasteiger partial charge in [0, 0.05) is 4.47 Å². The van der Waals surface area contributed by atoms with E-state index in [2.05, 4.69) is 21.2 Å².